The number of aromatic nitrogens is 1. The van der Waals surface area contributed by atoms with Crippen LogP contribution in [0.5, 0.6) is 5.75 Å². The lowest BCUT2D eigenvalue weighted by Gasteiger charge is -2.24. The Labute approximate surface area is 266 Å². The van der Waals surface area contributed by atoms with Crippen LogP contribution in [-0.2, 0) is 19.6 Å². The van der Waals surface area contributed by atoms with E-state index in [1.165, 1.54) is 47.1 Å². The molecule has 1 atom stereocenters. The molecule has 0 radical (unpaired) electrons. The number of hydrogen-bond donors (Lipinski definition) is 0. The molecule has 2 heterocycles. The van der Waals surface area contributed by atoms with Gasteiger partial charge in [0, 0.05) is 16.5 Å². The number of thioether (sulfide) groups is 1. The normalized spacial score (nSPS) is 14.9. The maximum absolute atomic E-state index is 13.8. The Morgan fingerprint density at radius 2 is 1.80 bits per heavy atom. The highest BCUT2D eigenvalue weighted by atomic mass is 32.2. The second kappa shape index (κ2) is 12.8. The molecule has 0 amide bonds. The number of aryl methyl sites for hydroxylation is 1. The monoisotopic (exact) mass is 665 g/mol. The lowest BCUT2D eigenvalue weighted by Crippen LogP contribution is -2.39. The van der Waals surface area contributed by atoms with E-state index in [0.717, 1.165) is 16.5 Å². The van der Waals surface area contributed by atoms with Crippen molar-refractivity contribution in [3.8, 4) is 5.75 Å². The van der Waals surface area contributed by atoms with Gasteiger partial charge in [-0.25, -0.2) is 9.79 Å². The van der Waals surface area contributed by atoms with Crippen LogP contribution in [0, 0.1) is 17.0 Å². The fourth-order valence-electron chi connectivity index (χ4n) is 4.78. The number of benzene rings is 3. The van der Waals surface area contributed by atoms with E-state index in [2.05, 4.69) is 4.99 Å². The predicted molar refractivity (Wildman–Crippen MR) is 171 cm³/mol. The summed E-state index contributed by atoms with van der Waals surface area (Å²) in [5.41, 5.74) is 1.70. The maximum atomic E-state index is 13.8. The molecule has 0 bridgehead atoms. The van der Waals surface area contributed by atoms with E-state index < -0.39 is 27.1 Å². The Bertz CT molecular complexity index is 2130. The van der Waals surface area contributed by atoms with Gasteiger partial charge in [-0.1, -0.05) is 41.7 Å². The van der Waals surface area contributed by atoms with E-state index in [0.29, 0.717) is 26.2 Å². The summed E-state index contributed by atoms with van der Waals surface area (Å²) in [4.78, 5) is 43.2. The highest BCUT2D eigenvalue weighted by molar-refractivity contribution is 7.98. The third-order valence-corrected chi connectivity index (χ3v) is 9.97. The number of carbonyl (C=O) groups excluding carboxylic acids is 1. The standard InChI is InChI=1S/C31H27N3O8S3/c1-5-41-30(36)27-19(3)32-31-33(28(27)21-9-13-23(43-4)14-10-21)29(35)26(44-31)16-20-7-11-22(12-8-20)42-45(39,40)24-15-6-18(2)25(17-24)34(37)38/h6-17,28H,5H2,1-4H3/b26-16-/t28-/m0/s1. The number of allylic oxidation sites excluding steroid dienone is 1. The number of rotatable bonds is 9. The Kier molecular flexibility index (Phi) is 9.09. The number of ether oxygens (including phenoxy) is 1. The Hall–Kier alpha value is -4.53. The van der Waals surface area contributed by atoms with Crippen LogP contribution in [-0.4, -0.2) is 36.7 Å². The topological polar surface area (TPSA) is 147 Å². The molecule has 1 aromatic heterocycles. The number of hydrogen-bond acceptors (Lipinski definition) is 11. The zero-order valence-electron chi connectivity index (χ0n) is 24.5. The van der Waals surface area contributed by atoms with Crippen molar-refractivity contribution in [3.63, 3.8) is 0 Å². The third kappa shape index (κ3) is 6.48. The smallest absolute Gasteiger partial charge is 0.339 e. The molecule has 14 heteroatoms. The Balaban J connectivity index is 1.50. The number of thiazole rings is 1. The summed E-state index contributed by atoms with van der Waals surface area (Å²) in [6.45, 7) is 5.11. The van der Waals surface area contributed by atoms with Crippen molar-refractivity contribution in [3.05, 3.63) is 124 Å². The van der Waals surface area contributed by atoms with Crippen LogP contribution in [0.3, 0.4) is 0 Å². The number of carbonyl (C=O) groups is 1. The molecule has 0 saturated heterocycles. The summed E-state index contributed by atoms with van der Waals surface area (Å²) in [5, 5.41) is 11.3. The molecular formula is C31H27N3O8S3. The van der Waals surface area contributed by atoms with E-state index >= 15 is 0 Å². The lowest BCUT2D eigenvalue weighted by atomic mass is 9.96. The summed E-state index contributed by atoms with van der Waals surface area (Å²) in [5.74, 6) is -0.557. The van der Waals surface area contributed by atoms with Gasteiger partial charge in [0.2, 0.25) is 0 Å². The van der Waals surface area contributed by atoms with Gasteiger partial charge in [-0.15, -0.1) is 11.8 Å². The quantitative estimate of drug-likeness (QED) is 0.0829. The van der Waals surface area contributed by atoms with Crippen molar-refractivity contribution in [2.75, 3.05) is 12.9 Å². The van der Waals surface area contributed by atoms with Gasteiger partial charge in [0.25, 0.3) is 11.2 Å². The SMILES string of the molecule is CCOC(=O)C1=C(C)N=c2s/c(=C\c3ccc(OS(=O)(=O)c4ccc(C)c([N+](=O)[O-])c4)cc3)c(=O)n2[C@H]1c1ccc(SC)cc1. The fraction of sp³-hybridized carbons (Fsp3) is 0.194. The van der Waals surface area contributed by atoms with Crippen molar-refractivity contribution in [2.24, 2.45) is 4.99 Å². The first kappa shape index (κ1) is 31.9. The van der Waals surface area contributed by atoms with E-state index in [4.69, 9.17) is 8.92 Å². The van der Waals surface area contributed by atoms with Gasteiger partial charge in [-0.2, -0.15) is 8.42 Å². The highest BCUT2D eigenvalue weighted by Crippen LogP contribution is 2.32. The molecule has 45 heavy (non-hydrogen) atoms. The van der Waals surface area contributed by atoms with Gasteiger partial charge < -0.3 is 8.92 Å². The number of nitrogens with zero attached hydrogens (tertiary/aromatic N) is 3. The summed E-state index contributed by atoms with van der Waals surface area (Å²) in [6, 6.07) is 16.4. The van der Waals surface area contributed by atoms with Crippen LogP contribution in [0.25, 0.3) is 6.08 Å². The fourth-order valence-corrected chi connectivity index (χ4v) is 7.19. The van der Waals surface area contributed by atoms with E-state index in [1.807, 2.05) is 30.5 Å². The Morgan fingerprint density at radius 1 is 1.11 bits per heavy atom. The summed E-state index contributed by atoms with van der Waals surface area (Å²) in [7, 11) is -4.35. The first-order chi connectivity index (χ1) is 21.4. The molecule has 1 aliphatic rings. The minimum Gasteiger partial charge on any atom is -0.463 e. The van der Waals surface area contributed by atoms with Gasteiger partial charge in [0.15, 0.2) is 4.80 Å². The lowest BCUT2D eigenvalue weighted by molar-refractivity contribution is -0.385. The van der Waals surface area contributed by atoms with Crippen LogP contribution < -0.4 is 19.1 Å². The Morgan fingerprint density at radius 3 is 2.42 bits per heavy atom. The zero-order valence-corrected chi connectivity index (χ0v) is 27.0. The molecule has 0 aliphatic carbocycles. The molecule has 0 spiro atoms. The van der Waals surface area contributed by atoms with Gasteiger partial charge in [-0.05, 0) is 74.6 Å². The minimum absolute atomic E-state index is 0.0137. The number of fused-ring (bicyclic) bond motifs is 1. The van der Waals surface area contributed by atoms with Crippen molar-refractivity contribution >= 4 is 50.9 Å². The average Bonchev–Trinajstić information content (AvgIpc) is 3.31. The molecule has 11 nitrogen and oxygen atoms in total. The highest BCUT2D eigenvalue weighted by Gasteiger charge is 2.33. The van der Waals surface area contributed by atoms with Crippen molar-refractivity contribution < 1.29 is 27.1 Å². The van der Waals surface area contributed by atoms with E-state index in [1.54, 1.807) is 43.8 Å². The third-order valence-electron chi connectivity index (χ3n) is 7.00. The van der Waals surface area contributed by atoms with E-state index in [-0.39, 0.29) is 34.1 Å². The molecule has 0 N–H and O–H groups in total. The number of nitro groups is 1. The summed E-state index contributed by atoms with van der Waals surface area (Å²) < 4.78 is 38.0. The molecule has 4 aromatic rings. The molecule has 0 saturated carbocycles. The molecule has 0 fully saturated rings. The average molecular weight is 666 g/mol. The maximum Gasteiger partial charge on any atom is 0.339 e. The second-order valence-corrected chi connectivity index (χ2v) is 13.3. The second-order valence-electron chi connectivity index (χ2n) is 9.89. The van der Waals surface area contributed by atoms with Crippen LogP contribution in [0.2, 0.25) is 0 Å². The van der Waals surface area contributed by atoms with Gasteiger partial charge >= 0.3 is 16.1 Å². The summed E-state index contributed by atoms with van der Waals surface area (Å²) in [6.07, 6.45) is 3.60. The molecular weight excluding hydrogens is 639 g/mol. The first-order valence-electron chi connectivity index (χ1n) is 13.6. The number of esters is 1. The minimum atomic E-state index is -4.35. The largest absolute Gasteiger partial charge is 0.463 e. The van der Waals surface area contributed by atoms with Gasteiger partial charge in [-0.3, -0.25) is 19.5 Å². The van der Waals surface area contributed by atoms with Crippen LogP contribution in [0.1, 0.15) is 36.6 Å². The van der Waals surface area contributed by atoms with Crippen LogP contribution in [0.4, 0.5) is 5.69 Å². The van der Waals surface area contributed by atoms with Gasteiger partial charge in [0.1, 0.15) is 10.6 Å². The molecule has 5 rings (SSSR count). The van der Waals surface area contributed by atoms with Crippen LogP contribution in [0.15, 0.2) is 97.6 Å². The molecule has 232 valence electrons. The molecule has 3 aromatic carbocycles. The predicted octanol–water partition coefficient (Wildman–Crippen LogP) is 4.50. The summed E-state index contributed by atoms with van der Waals surface area (Å²) >= 11 is 2.74. The van der Waals surface area contributed by atoms with E-state index in [9.17, 15) is 28.1 Å². The molecule has 1 aliphatic heterocycles. The van der Waals surface area contributed by atoms with Crippen molar-refractivity contribution in [1.29, 1.82) is 0 Å². The van der Waals surface area contributed by atoms with Crippen LogP contribution >= 0.6 is 23.1 Å². The first-order valence-corrected chi connectivity index (χ1v) is 17.0. The zero-order chi connectivity index (χ0) is 32.5. The number of nitro benzene ring substituents is 1. The van der Waals surface area contributed by atoms with Crippen molar-refractivity contribution in [1.82, 2.24) is 4.57 Å². The molecule has 0 unspecified atom stereocenters. The van der Waals surface area contributed by atoms with Crippen molar-refractivity contribution in [2.45, 2.75) is 36.6 Å². The van der Waals surface area contributed by atoms with Gasteiger partial charge in [0.05, 0.1) is 33.4 Å².